The Kier molecular flexibility index (Phi) is 3.51. The fourth-order valence-corrected chi connectivity index (χ4v) is 2.51. The van der Waals surface area contributed by atoms with Gasteiger partial charge in [0.25, 0.3) is 0 Å². The van der Waals surface area contributed by atoms with E-state index in [-0.39, 0.29) is 0 Å². The highest BCUT2D eigenvalue weighted by Gasteiger charge is 2.17. The smallest absolute Gasteiger partial charge is 0.134 e. The molecule has 0 aliphatic rings. The van der Waals surface area contributed by atoms with Crippen LogP contribution in [0.25, 0.3) is 10.9 Å². The van der Waals surface area contributed by atoms with Gasteiger partial charge in [-0.1, -0.05) is 13.8 Å². The van der Waals surface area contributed by atoms with Crippen LogP contribution in [0, 0.1) is 6.92 Å². The summed E-state index contributed by atoms with van der Waals surface area (Å²) >= 11 is 0. The predicted molar refractivity (Wildman–Crippen MR) is 78.1 cm³/mol. The summed E-state index contributed by atoms with van der Waals surface area (Å²) < 4.78 is 10.7. The zero-order chi connectivity index (χ0) is 14.2. The van der Waals surface area contributed by atoms with Crippen molar-refractivity contribution in [1.82, 2.24) is 4.98 Å². The van der Waals surface area contributed by atoms with E-state index in [4.69, 9.17) is 15.2 Å². The largest absolute Gasteiger partial charge is 0.497 e. The summed E-state index contributed by atoms with van der Waals surface area (Å²) in [6.45, 7) is 6.21. The van der Waals surface area contributed by atoms with Crippen molar-refractivity contribution in [2.24, 2.45) is 0 Å². The van der Waals surface area contributed by atoms with E-state index in [2.05, 4.69) is 18.8 Å². The number of hydrogen-bond donors (Lipinski definition) is 1. The lowest BCUT2D eigenvalue weighted by atomic mass is 9.96. The topological polar surface area (TPSA) is 57.4 Å². The average Bonchev–Trinajstić information content (AvgIpc) is 2.36. The molecule has 0 saturated carbocycles. The number of anilines is 1. The summed E-state index contributed by atoms with van der Waals surface area (Å²) in [4.78, 5) is 4.63. The number of aromatic nitrogens is 1. The predicted octanol–water partition coefficient (Wildman–Crippen LogP) is 3.27. The number of pyridine rings is 1. The van der Waals surface area contributed by atoms with Crippen molar-refractivity contribution in [3.05, 3.63) is 23.4 Å². The second-order valence-corrected chi connectivity index (χ2v) is 4.90. The van der Waals surface area contributed by atoms with Crippen molar-refractivity contribution in [3.8, 4) is 11.5 Å². The van der Waals surface area contributed by atoms with Crippen molar-refractivity contribution in [2.45, 2.75) is 26.7 Å². The molecule has 0 unspecified atom stereocenters. The molecule has 19 heavy (non-hydrogen) atoms. The molecule has 0 spiro atoms. The van der Waals surface area contributed by atoms with Crippen LogP contribution in [0.4, 0.5) is 5.69 Å². The Labute approximate surface area is 113 Å². The van der Waals surface area contributed by atoms with Crippen molar-refractivity contribution in [1.29, 1.82) is 0 Å². The molecule has 4 nitrogen and oxygen atoms in total. The highest BCUT2D eigenvalue weighted by atomic mass is 16.5. The van der Waals surface area contributed by atoms with Crippen molar-refractivity contribution in [3.63, 3.8) is 0 Å². The average molecular weight is 260 g/mol. The lowest BCUT2D eigenvalue weighted by Crippen LogP contribution is -2.04. The van der Waals surface area contributed by atoms with Crippen LogP contribution < -0.4 is 15.2 Å². The second-order valence-electron chi connectivity index (χ2n) is 4.90. The molecule has 0 aliphatic carbocycles. The zero-order valence-corrected chi connectivity index (χ0v) is 12.1. The molecule has 2 rings (SSSR count). The molecule has 0 bridgehead atoms. The Hall–Kier alpha value is -1.97. The van der Waals surface area contributed by atoms with Gasteiger partial charge in [-0.25, -0.2) is 0 Å². The van der Waals surface area contributed by atoms with E-state index in [9.17, 15) is 0 Å². The van der Waals surface area contributed by atoms with Crippen molar-refractivity contribution in [2.75, 3.05) is 20.0 Å². The Morgan fingerprint density at radius 3 is 2.37 bits per heavy atom. The van der Waals surface area contributed by atoms with Gasteiger partial charge in [0.15, 0.2) is 0 Å². The number of aryl methyl sites for hydroxylation is 1. The van der Waals surface area contributed by atoms with E-state index < -0.39 is 0 Å². The Morgan fingerprint density at radius 1 is 1.16 bits per heavy atom. The van der Waals surface area contributed by atoms with Crippen molar-refractivity contribution >= 4 is 16.6 Å². The van der Waals surface area contributed by atoms with Gasteiger partial charge in [0, 0.05) is 17.8 Å². The molecule has 1 aromatic carbocycles. The number of nitrogens with two attached hydrogens (primary N) is 1. The molecule has 4 heteroatoms. The number of benzene rings is 1. The van der Waals surface area contributed by atoms with E-state index >= 15 is 0 Å². The van der Waals surface area contributed by atoms with Crippen LogP contribution in [-0.2, 0) is 0 Å². The first-order valence-corrected chi connectivity index (χ1v) is 6.31. The Bertz CT molecular complexity index is 621. The molecule has 1 heterocycles. The minimum Gasteiger partial charge on any atom is -0.497 e. The molecular formula is C15H20N2O2. The second kappa shape index (κ2) is 4.96. The quantitative estimate of drug-likeness (QED) is 0.920. The minimum absolute atomic E-state index is 0.323. The van der Waals surface area contributed by atoms with E-state index in [1.165, 1.54) is 0 Å². The van der Waals surface area contributed by atoms with Crippen LogP contribution in [0.5, 0.6) is 11.5 Å². The van der Waals surface area contributed by atoms with Gasteiger partial charge in [-0.3, -0.25) is 4.98 Å². The standard InChI is InChI=1S/C15H20N2O2/c1-8(2)13-9(3)17-11-6-10(18-4)7-12(19-5)14(11)15(13)16/h6-8H,1-5H3,(H2,16,17). The molecular weight excluding hydrogens is 240 g/mol. The van der Waals surface area contributed by atoms with Gasteiger partial charge in [0.1, 0.15) is 11.5 Å². The maximum atomic E-state index is 6.33. The van der Waals surface area contributed by atoms with E-state index in [0.29, 0.717) is 17.4 Å². The van der Waals surface area contributed by atoms with Crippen LogP contribution in [0.3, 0.4) is 0 Å². The summed E-state index contributed by atoms with van der Waals surface area (Å²) in [7, 11) is 3.25. The van der Waals surface area contributed by atoms with Gasteiger partial charge in [-0.15, -0.1) is 0 Å². The summed E-state index contributed by atoms with van der Waals surface area (Å²) in [6.07, 6.45) is 0. The molecule has 0 radical (unpaired) electrons. The number of ether oxygens (including phenoxy) is 2. The lowest BCUT2D eigenvalue weighted by Gasteiger charge is -2.17. The normalized spacial score (nSPS) is 11.1. The van der Waals surface area contributed by atoms with Crippen LogP contribution in [0.2, 0.25) is 0 Å². The SMILES string of the molecule is COc1cc(OC)c2c(N)c(C(C)C)c(C)nc2c1. The van der Waals surface area contributed by atoms with E-state index in [0.717, 1.165) is 27.8 Å². The van der Waals surface area contributed by atoms with Crippen LogP contribution in [0.15, 0.2) is 12.1 Å². The molecule has 0 fully saturated rings. The number of nitrogen functional groups attached to an aromatic ring is 1. The first kappa shape index (κ1) is 13.5. The van der Waals surface area contributed by atoms with Gasteiger partial charge >= 0.3 is 0 Å². The summed E-state index contributed by atoms with van der Waals surface area (Å²) in [5.41, 5.74) is 9.91. The first-order chi connectivity index (χ1) is 8.99. The van der Waals surface area contributed by atoms with E-state index in [1.807, 2.05) is 19.1 Å². The van der Waals surface area contributed by atoms with Crippen LogP contribution >= 0.6 is 0 Å². The van der Waals surface area contributed by atoms with Crippen LogP contribution in [0.1, 0.15) is 31.0 Å². The highest BCUT2D eigenvalue weighted by molar-refractivity contribution is 5.98. The monoisotopic (exact) mass is 260 g/mol. The van der Waals surface area contributed by atoms with Gasteiger partial charge in [-0.05, 0) is 18.4 Å². The molecule has 2 N–H and O–H groups in total. The summed E-state index contributed by atoms with van der Waals surface area (Å²) in [5, 5.41) is 0.859. The molecule has 0 atom stereocenters. The zero-order valence-electron chi connectivity index (χ0n) is 12.1. The Balaban J connectivity index is 2.88. The van der Waals surface area contributed by atoms with Gasteiger partial charge in [0.2, 0.25) is 0 Å². The van der Waals surface area contributed by atoms with Crippen LogP contribution in [-0.4, -0.2) is 19.2 Å². The maximum Gasteiger partial charge on any atom is 0.134 e. The Morgan fingerprint density at radius 2 is 1.84 bits per heavy atom. The molecule has 2 aromatic rings. The molecule has 1 aromatic heterocycles. The van der Waals surface area contributed by atoms with Crippen molar-refractivity contribution < 1.29 is 9.47 Å². The number of rotatable bonds is 3. The fourth-order valence-electron chi connectivity index (χ4n) is 2.51. The molecule has 102 valence electrons. The summed E-state index contributed by atoms with van der Waals surface area (Å²) in [5.74, 6) is 1.73. The minimum atomic E-state index is 0.323. The molecule has 0 saturated heterocycles. The third-order valence-electron chi connectivity index (χ3n) is 3.33. The lowest BCUT2D eigenvalue weighted by molar-refractivity contribution is 0.398. The fraction of sp³-hybridized carbons (Fsp3) is 0.400. The highest BCUT2D eigenvalue weighted by Crippen LogP contribution is 2.38. The van der Waals surface area contributed by atoms with Gasteiger partial charge in [0.05, 0.1) is 30.8 Å². The summed E-state index contributed by atoms with van der Waals surface area (Å²) in [6, 6.07) is 3.71. The van der Waals surface area contributed by atoms with Gasteiger partial charge in [-0.2, -0.15) is 0 Å². The third kappa shape index (κ3) is 2.18. The van der Waals surface area contributed by atoms with E-state index in [1.54, 1.807) is 14.2 Å². The first-order valence-electron chi connectivity index (χ1n) is 6.31. The number of methoxy groups -OCH3 is 2. The number of nitrogens with zero attached hydrogens (tertiary/aromatic N) is 1. The van der Waals surface area contributed by atoms with Gasteiger partial charge < -0.3 is 15.2 Å². The number of fused-ring (bicyclic) bond motifs is 1. The third-order valence-corrected chi connectivity index (χ3v) is 3.33. The molecule has 0 aliphatic heterocycles. The molecule has 0 amide bonds. The number of hydrogen-bond acceptors (Lipinski definition) is 4. The maximum absolute atomic E-state index is 6.33.